The van der Waals surface area contributed by atoms with Crippen LogP contribution in [0.25, 0.3) is 17.3 Å². The monoisotopic (exact) mass is 332 g/mol. The minimum absolute atomic E-state index is 0.817. The number of nitrogen functional groups attached to an aromatic ring is 1. The molecule has 0 aliphatic heterocycles. The number of rotatable bonds is 6. The van der Waals surface area contributed by atoms with Gasteiger partial charge in [0.1, 0.15) is 0 Å². The highest BCUT2D eigenvalue weighted by molar-refractivity contribution is 5.77. The smallest absolute Gasteiger partial charge is 0.0953 e. The first-order valence-electron chi connectivity index (χ1n) is 8.44. The number of benzene rings is 2. The molecule has 0 unspecified atom stereocenters. The molecule has 0 amide bonds. The van der Waals surface area contributed by atoms with Crippen LogP contribution in [0.4, 0.5) is 11.4 Å². The second kappa shape index (κ2) is 7.71. The quantitative estimate of drug-likeness (QED) is 0.685. The van der Waals surface area contributed by atoms with Gasteiger partial charge >= 0.3 is 0 Å². The lowest BCUT2D eigenvalue weighted by atomic mass is 10.1. The van der Waals surface area contributed by atoms with Gasteiger partial charge in [-0.15, -0.1) is 0 Å². The van der Waals surface area contributed by atoms with E-state index in [2.05, 4.69) is 40.0 Å². The summed E-state index contributed by atoms with van der Waals surface area (Å²) in [6, 6.07) is 16.3. The molecule has 3 rings (SSSR count). The number of para-hydroxylation sites is 1. The molecule has 0 radical (unpaired) electrons. The standard InChI is InChI=1S/C21H24N4/c1-24(2)20-13-8-12-18(21(20)22)11-6-7-14-25-15-19(23-16-25)17-9-4-3-5-10-17/h3-6,8-13,15-16H,7,14,22H2,1-2H3/b11-6-. The number of allylic oxidation sites excluding steroid dienone is 1. The lowest BCUT2D eigenvalue weighted by molar-refractivity contribution is 0.710. The van der Waals surface area contributed by atoms with Crippen LogP contribution in [-0.2, 0) is 6.54 Å². The van der Waals surface area contributed by atoms with Gasteiger partial charge in [-0.3, -0.25) is 0 Å². The van der Waals surface area contributed by atoms with Crippen molar-refractivity contribution < 1.29 is 0 Å². The molecule has 2 N–H and O–H groups in total. The van der Waals surface area contributed by atoms with Gasteiger partial charge in [0.25, 0.3) is 0 Å². The Bertz CT molecular complexity index is 847. The first kappa shape index (κ1) is 16.8. The molecule has 0 aliphatic carbocycles. The summed E-state index contributed by atoms with van der Waals surface area (Å²) in [5.41, 5.74) is 11.3. The fourth-order valence-electron chi connectivity index (χ4n) is 2.78. The molecule has 0 fully saturated rings. The predicted molar refractivity (Wildman–Crippen MR) is 106 cm³/mol. The van der Waals surface area contributed by atoms with Crippen LogP contribution in [0.1, 0.15) is 12.0 Å². The Balaban J connectivity index is 1.61. The summed E-state index contributed by atoms with van der Waals surface area (Å²) in [5.74, 6) is 0. The van der Waals surface area contributed by atoms with E-state index in [0.29, 0.717) is 0 Å². The van der Waals surface area contributed by atoms with Crippen molar-refractivity contribution in [3.63, 3.8) is 0 Å². The molecule has 0 saturated carbocycles. The molecule has 4 nitrogen and oxygen atoms in total. The molecule has 1 aromatic heterocycles. The molecule has 3 aromatic rings. The summed E-state index contributed by atoms with van der Waals surface area (Å²) in [7, 11) is 4.01. The molecule has 128 valence electrons. The molecular weight excluding hydrogens is 308 g/mol. The van der Waals surface area contributed by atoms with E-state index in [1.54, 1.807) is 0 Å². The molecule has 2 aromatic carbocycles. The molecule has 1 heterocycles. The van der Waals surface area contributed by atoms with E-state index < -0.39 is 0 Å². The van der Waals surface area contributed by atoms with Crippen molar-refractivity contribution in [1.82, 2.24) is 9.55 Å². The van der Waals surface area contributed by atoms with Crippen LogP contribution in [-0.4, -0.2) is 23.6 Å². The first-order chi connectivity index (χ1) is 12.1. The third-order valence-corrected chi connectivity index (χ3v) is 4.15. The number of aryl methyl sites for hydroxylation is 1. The van der Waals surface area contributed by atoms with E-state index in [9.17, 15) is 0 Å². The maximum atomic E-state index is 6.24. The van der Waals surface area contributed by atoms with Gasteiger partial charge in [0.05, 0.1) is 23.4 Å². The van der Waals surface area contributed by atoms with Gasteiger partial charge in [0.15, 0.2) is 0 Å². The summed E-state index contributed by atoms with van der Waals surface area (Å²) in [6.07, 6.45) is 9.16. The SMILES string of the molecule is CN(C)c1cccc(/C=C\CCn2cnc(-c3ccccc3)c2)c1N. The van der Waals surface area contributed by atoms with E-state index in [-0.39, 0.29) is 0 Å². The average Bonchev–Trinajstić information content (AvgIpc) is 3.09. The number of nitrogens with zero attached hydrogens (tertiary/aromatic N) is 3. The van der Waals surface area contributed by atoms with Gasteiger partial charge < -0.3 is 15.2 Å². The van der Waals surface area contributed by atoms with E-state index >= 15 is 0 Å². The molecule has 0 aliphatic rings. The van der Waals surface area contributed by atoms with Gasteiger partial charge in [-0.05, 0) is 18.1 Å². The summed E-state index contributed by atoms with van der Waals surface area (Å²) >= 11 is 0. The summed E-state index contributed by atoms with van der Waals surface area (Å²) in [5, 5.41) is 0. The largest absolute Gasteiger partial charge is 0.397 e. The molecule has 4 heteroatoms. The van der Waals surface area contributed by atoms with Crippen LogP contribution >= 0.6 is 0 Å². The Hall–Kier alpha value is -3.01. The van der Waals surface area contributed by atoms with Gasteiger partial charge in [-0.2, -0.15) is 0 Å². The number of hydrogen-bond donors (Lipinski definition) is 1. The number of hydrogen-bond acceptors (Lipinski definition) is 3. The second-order valence-corrected chi connectivity index (χ2v) is 6.23. The predicted octanol–water partition coefficient (Wildman–Crippen LogP) is 4.30. The Kier molecular flexibility index (Phi) is 5.19. The number of anilines is 2. The molecule has 0 atom stereocenters. The van der Waals surface area contributed by atoms with Crippen LogP contribution in [0, 0.1) is 0 Å². The van der Waals surface area contributed by atoms with Gasteiger partial charge in [0, 0.05) is 32.4 Å². The van der Waals surface area contributed by atoms with Crippen LogP contribution in [0.15, 0.2) is 67.1 Å². The number of imidazole rings is 1. The second-order valence-electron chi connectivity index (χ2n) is 6.23. The fraction of sp³-hybridized carbons (Fsp3) is 0.190. The van der Waals surface area contributed by atoms with Crippen molar-refractivity contribution in [3.05, 3.63) is 72.7 Å². The zero-order valence-electron chi connectivity index (χ0n) is 14.8. The highest BCUT2D eigenvalue weighted by Gasteiger charge is 2.04. The molecule has 0 saturated heterocycles. The first-order valence-corrected chi connectivity index (χ1v) is 8.44. The van der Waals surface area contributed by atoms with Crippen molar-refractivity contribution in [2.24, 2.45) is 0 Å². The van der Waals surface area contributed by atoms with Crippen molar-refractivity contribution in [3.8, 4) is 11.3 Å². The minimum Gasteiger partial charge on any atom is -0.397 e. The van der Waals surface area contributed by atoms with E-state index in [0.717, 1.165) is 41.2 Å². The van der Waals surface area contributed by atoms with Crippen LogP contribution < -0.4 is 10.6 Å². The highest BCUT2D eigenvalue weighted by Crippen LogP contribution is 2.26. The fourth-order valence-corrected chi connectivity index (χ4v) is 2.78. The van der Waals surface area contributed by atoms with Crippen molar-refractivity contribution in [2.45, 2.75) is 13.0 Å². The topological polar surface area (TPSA) is 47.1 Å². The third kappa shape index (κ3) is 4.10. The summed E-state index contributed by atoms with van der Waals surface area (Å²) in [4.78, 5) is 6.51. The summed E-state index contributed by atoms with van der Waals surface area (Å²) in [6.45, 7) is 0.892. The zero-order valence-corrected chi connectivity index (χ0v) is 14.8. The minimum atomic E-state index is 0.817. The Morgan fingerprint density at radius 1 is 1.08 bits per heavy atom. The number of nitrogens with two attached hydrogens (primary N) is 1. The van der Waals surface area contributed by atoms with Crippen LogP contribution in [0.5, 0.6) is 0 Å². The normalized spacial score (nSPS) is 11.1. The third-order valence-electron chi connectivity index (χ3n) is 4.15. The van der Waals surface area contributed by atoms with E-state index in [1.165, 1.54) is 0 Å². The van der Waals surface area contributed by atoms with Gasteiger partial charge in [-0.25, -0.2) is 4.98 Å². The summed E-state index contributed by atoms with van der Waals surface area (Å²) < 4.78 is 2.12. The Labute approximate surface area is 149 Å². The molecule has 0 spiro atoms. The lowest BCUT2D eigenvalue weighted by Gasteiger charge is -2.16. The van der Waals surface area contributed by atoms with E-state index in [1.807, 2.05) is 61.7 Å². The molecule has 25 heavy (non-hydrogen) atoms. The van der Waals surface area contributed by atoms with Crippen LogP contribution in [0.2, 0.25) is 0 Å². The molecular formula is C21H24N4. The van der Waals surface area contributed by atoms with E-state index in [4.69, 9.17) is 5.73 Å². The molecule has 0 bridgehead atoms. The Morgan fingerprint density at radius 2 is 1.88 bits per heavy atom. The van der Waals surface area contributed by atoms with Gasteiger partial charge in [-0.1, -0.05) is 54.6 Å². The maximum Gasteiger partial charge on any atom is 0.0953 e. The zero-order chi connectivity index (χ0) is 17.6. The van der Waals surface area contributed by atoms with Crippen LogP contribution in [0.3, 0.4) is 0 Å². The maximum absolute atomic E-state index is 6.24. The number of aromatic nitrogens is 2. The Morgan fingerprint density at radius 3 is 2.64 bits per heavy atom. The van der Waals surface area contributed by atoms with Crippen molar-refractivity contribution >= 4 is 17.5 Å². The van der Waals surface area contributed by atoms with Gasteiger partial charge in [0.2, 0.25) is 0 Å². The van der Waals surface area contributed by atoms with Crippen molar-refractivity contribution in [2.75, 3.05) is 24.7 Å². The average molecular weight is 332 g/mol. The highest BCUT2D eigenvalue weighted by atomic mass is 15.1. The lowest BCUT2D eigenvalue weighted by Crippen LogP contribution is -2.11. The van der Waals surface area contributed by atoms with Crippen molar-refractivity contribution in [1.29, 1.82) is 0 Å².